The van der Waals surface area contributed by atoms with Crippen LogP contribution in [-0.4, -0.2) is 57.8 Å². The van der Waals surface area contributed by atoms with Crippen LogP contribution in [0.15, 0.2) is 52.2 Å². The molecule has 0 aliphatic carbocycles. The minimum Gasteiger partial charge on any atom is -0.394 e. The van der Waals surface area contributed by atoms with Crippen LogP contribution >= 0.6 is 0 Å². The van der Waals surface area contributed by atoms with Crippen molar-refractivity contribution >= 4 is 5.91 Å². The van der Waals surface area contributed by atoms with Crippen LogP contribution in [0.5, 0.6) is 0 Å². The van der Waals surface area contributed by atoms with Gasteiger partial charge in [-0.25, -0.2) is 4.79 Å². The normalized spacial score (nSPS) is 24.9. The number of aromatic nitrogens is 2. The van der Waals surface area contributed by atoms with E-state index in [1.807, 2.05) is 0 Å². The van der Waals surface area contributed by atoms with E-state index in [-0.39, 0.29) is 12.2 Å². The summed E-state index contributed by atoms with van der Waals surface area (Å²) >= 11 is 0. The molecule has 9 nitrogen and oxygen atoms in total. The molecule has 0 saturated carbocycles. The molecule has 0 spiro atoms. The Morgan fingerprint density at radius 3 is 2.56 bits per heavy atom. The number of carbonyl (C=O) groups excluding carboxylic acids is 1. The lowest BCUT2D eigenvalue weighted by atomic mass is 10.0. The zero-order valence-corrected chi connectivity index (χ0v) is 14.6. The van der Waals surface area contributed by atoms with Gasteiger partial charge in [-0.1, -0.05) is 18.2 Å². The van der Waals surface area contributed by atoms with Gasteiger partial charge < -0.3 is 19.7 Å². The minimum atomic E-state index is -1.07. The summed E-state index contributed by atoms with van der Waals surface area (Å²) in [6.07, 6.45) is -1.77. The molecule has 1 aromatic carbocycles. The van der Waals surface area contributed by atoms with Crippen molar-refractivity contribution in [2.24, 2.45) is 5.92 Å². The number of methoxy groups -OCH3 is 1. The van der Waals surface area contributed by atoms with E-state index >= 15 is 0 Å². The Balaban J connectivity index is 2.06. The predicted molar refractivity (Wildman–Crippen MR) is 93.5 cm³/mol. The van der Waals surface area contributed by atoms with E-state index in [2.05, 4.69) is 0 Å². The topological polar surface area (TPSA) is 120 Å². The van der Waals surface area contributed by atoms with Gasteiger partial charge in [0.25, 0.3) is 11.5 Å². The van der Waals surface area contributed by atoms with Crippen LogP contribution in [0.2, 0.25) is 0 Å². The van der Waals surface area contributed by atoms with Crippen LogP contribution in [-0.2, 0) is 9.47 Å². The van der Waals surface area contributed by atoms with E-state index in [1.54, 1.807) is 18.2 Å². The summed E-state index contributed by atoms with van der Waals surface area (Å²) in [5, 5.41) is 19.7. The lowest BCUT2D eigenvalue weighted by Crippen LogP contribution is -2.45. The molecule has 0 amide bonds. The van der Waals surface area contributed by atoms with E-state index in [9.17, 15) is 24.6 Å². The van der Waals surface area contributed by atoms with Crippen molar-refractivity contribution in [3.63, 3.8) is 0 Å². The summed E-state index contributed by atoms with van der Waals surface area (Å²) in [6, 6.07) is 9.02. The summed E-state index contributed by atoms with van der Waals surface area (Å²) in [6.45, 7) is -0.393. The van der Waals surface area contributed by atoms with Crippen molar-refractivity contribution in [1.82, 2.24) is 9.13 Å². The van der Waals surface area contributed by atoms with Crippen molar-refractivity contribution < 1.29 is 24.5 Å². The monoisotopic (exact) mass is 376 g/mol. The van der Waals surface area contributed by atoms with Crippen LogP contribution in [0.3, 0.4) is 0 Å². The van der Waals surface area contributed by atoms with Crippen LogP contribution in [0.4, 0.5) is 0 Å². The standard InChI is InChI=1S/C18H20N2O7/c1-26-10-12-15(23)13(9-21)27-17(12)19-8-7-14(22)20(18(19)25)16(24)11-5-3-2-4-6-11/h2-8,12-13,15,17,21,23H,9-10H2,1H3/t12-,13-,15+,17-/m1/s1. The van der Waals surface area contributed by atoms with Gasteiger partial charge in [-0.15, -0.1) is 0 Å². The van der Waals surface area contributed by atoms with Gasteiger partial charge in [0.05, 0.1) is 25.2 Å². The maximum absolute atomic E-state index is 12.9. The Morgan fingerprint density at radius 2 is 1.93 bits per heavy atom. The highest BCUT2D eigenvalue weighted by Gasteiger charge is 2.45. The third kappa shape index (κ3) is 3.50. The third-order valence-electron chi connectivity index (χ3n) is 4.55. The van der Waals surface area contributed by atoms with Crippen LogP contribution in [0.1, 0.15) is 16.6 Å². The summed E-state index contributed by atoms with van der Waals surface area (Å²) in [7, 11) is 1.43. The van der Waals surface area contributed by atoms with E-state index in [4.69, 9.17) is 9.47 Å². The van der Waals surface area contributed by atoms with Gasteiger partial charge in [0.2, 0.25) is 0 Å². The number of aliphatic hydroxyl groups is 2. The molecule has 27 heavy (non-hydrogen) atoms. The third-order valence-corrected chi connectivity index (χ3v) is 4.55. The van der Waals surface area contributed by atoms with Gasteiger partial charge in [0.1, 0.15) is 12.3 Å². The molecule has 4 atom stereocenters. The molecule has 1 saturated heterocycles. The van der Waals surface area contributed by atoms with Gasteiger partial charge >= 0.3 is 5.69 Å². The molecule has 0 radical (unpaired) electrons. The Labute approximate surface area is 154 Å². The molecule has 2 heterocycles. The first-order chi connectivity index (χ1) is 13.0. The number of carbonyl (C=O) groups is 1. The molecule has 3 rings (SSSR count). The minimum absolute atomic E-state index is 0.0561. The second-order valence-corrected chi connectivity index (χ2v) is 6.21. The number of hydrogen-bond donors (Lipinski definition) is 2. The Kier molecular flexibility index (Phi) is 5.66. The lowest BCUT2D eigenvalue weighted by molar-refractivity contribution is -0.0507. The Morgan fingerprint density at radius 1 is 1.22 bits per heavy atom. The smallest absolute Gasteiger partial charge is 0.340 e. The summed E-state index contributed by atoms with van der Waals surface area (Å²) < 4.78 is 12.2. The maximum Gasteiger partial charge on any atom is 0.340 e. The summed E-state index contributed by atoms with van der Waals surface area (Å²) in [4.78, 5) is 37.7. The number of hydrogen-bond acceptors (Lipinski definition) is 7. The predicted octanol–water partition coefficient (Wildman–Crippen LogP) is -0.788. The maximum atomic E-state index is 12.9. The molecule has 9 heteroatoms. The SMILES string of the molecule is COC[C@@H]1[C@H](O)[C@@H](CO)O[C@H]1n1ccc(=O)n(C(=O)c2ccccc2)c1=O. The zero-order chi connectivity index (χ0) is 19.6. The molecule has 2 aromatic rings. The molecule has 0 unspecified atom stereocenters. The Hall–Kier alpha value is -2.59. The van der Waals surface area contributed by atoms with Crippen molar-refractivity contribution in [2.45, 2.75) is 18.4 Å². The lowest BCUT2D eigenvalue weighted by Gasteiger charge is -2.21. The molecule has 2 N–H and O–H groups in total. The first kappa shape index (κ1) is 19.2. The fourth-order valence-corrected chi connectivity index (χ4v) is 3.18. The van der Waals surface area contributed by atoms with Crippen LogP contribution in [0.25, 0.3) is 0 Å². The van der Waals surface area contributed by atoms with Crippen LogP contribution in [0, 0.1) is 5.92 Å². The van der Waals surface area contributed by atoms with Crippen molar-refractivity contribution in [2.75, 3.05) is 20.3 Å². The second-order valence-electron chi connectivity index (χ2n) is 6.21. The van der Waals surface area contributed by atoms with Gasteiger partial charge in [-0.3, -0.25) is 14.2 Å². The first-order valence-electron chi connectivity index (χ1n) is 8.37. The number of aliphatic hydroxyl groups excluding tert-OH is 2. The average Bonchev–Trinajstić information content (AvgIpc) is 2.98. The Bertz CT molecular complexity index is 921. The molecular formula is C18H20N2O7. The van der Waals surface area contributed by atoms with Crippen molar-refractivity contribution in [1.29, 1.82) is 0 Å². The van der Waals surface area contributed by atoms with E-state index in [0.717, 1.165) is 10.6 Å². The molecule has 1 aliphatic heterocycles. The number of benzene rings is 1. The summed E-state index contributed by atoms with van der Waals surface area (Å²) in [5.41, 5.74) is -1.48. The molecule has 1 fully saturated rings. The fraction of sp³-hybridized carbons (Fsp3) is 0.389. The highest BCUT2D eigenvalue weighted by atomic mass is 16.5. The number of ether oxygens (including phenoxy) is 2. The molecule has 1 aliphatic rings. The van der Waals surface area contributed by atoms with Gasteiger partial charge in [-0.05, 0) is 12.1 Å². The van der Waals surface area contributed by atoms with Crippen molar-refractivity contribution in [3.8, 4) is 0 Å². The fourth-order valence-electron chi connectivity index (χ4n) is 3.18. The van der Waals surface area contributed by atoms with Gasteiger partial charge in [-0.2, -0.15) is 4.57 Å². The highest BCUT2D eigenvalue weighted by Crippen LogP contribution is 2.33. The van der Waals surface area contributed by atoms with Gasteiger partial charge in [0, 0.05) is 24.9 Å². The van der Waals surface area contributed by atoms with E-state index < -0.39 is 48.1 Å². The number of rotatable bonds is 5. The van der Waals surface area contributed by atoms with Gasteiger partial charge in [0.15, 0.2) is 0 Å². The van der Waals surface area contributed by atoms with Crippen molar-refractivity contribution in [3.05, 3.63) is 69.0 Å². The molecule has 144 valence electrons. The molecule has 1 aromatic heterocycles. The quantitative estimate of drug-likeness (QED) is 0.702. The highest BCUT2D eigenvalue weighted by molar-refractivity contribution is 5.95. The first-order valence-corrected chi connectivity index (χ1v) is 8.37. The molecular weight excluding hydrogens is 356 g/mol. The average molecular weight is 376 g/mol. The van der Waals surface area contributed by atoms with E-state index in [0.29, 0.717) is 4.57 Å². The summed E-state index contributed by atoms with van der Waals surface area (Å²) in [5.74, 6) is -1.43. The largest absolute Gasteiger partial charge is 0.394 e. The molecule has 0 bridgehead atoms. The second kappa shape index (κ2) is 7.97. The van der Waals surface area contributed by atoms with Crippen LogP contribution < -0.4 is 11.2 Å². The zero-order valence-electron chi connectivity index (χ0n) is 14.6. The number of nitrogens with zero attached hydrogens (tertiary/aromatic N) is 2. The van der Waals surface area contributed by atoms with E-state index in [1.165, 1.54) is 25.4 Å².